The summed E-state index contributed by atoms with van der Waals surface area (Å²) in [6.45, 7) is 5.18. The summed E-state index contributed by atoms with van der Waals surface area (Å²) in [6.07, 6.45) is 2.06. The van der Waals surface area contributed by atoms with Crippen LogP contribution in [0.1, 0.15) is 35.7 Å². The molecular weight excluding hydrogens is 231 g/mol. The van der Waals surface area contributed by atoms with Crippen molar-refractivity contribution in [1.82, 2.24) is 4.90 Å². The first-order chi connectivity index (χ1) is 8.52. The summed E-state index contributed by atoms with van der Waals surface area (Å²) in [4.78, 5) is 14.0. The summed E-state index contributed by atoms with van der Waals surface area (Å²) in [5, 5.41) is 0. The molecule has 0 radical (unpaired) electrons. The van der Waals surface area contributed by atoms with Crippen LogP contribution in [0.5, 0.6) is 0 Å². The van der Waals surface area contributed by atoms with E-state index in [-0.39, 0.29) is 11.5 Å². The average Bonchev–Trinajstić information content (AvgIpc) is 2.81. The van der Waals surface area contributed by atoms with Crippen molar-refractivity contribution in [3.05, 3.63) is 29.1 Å². The molecule has 1 aromatic carbocycles. The third-order valence-corrected chi connectivity index (χ3v) is 3.66. The third kappa shape index (κ3) is 2.33. The van der Waals surface area contributed by atoms with Crippen molar-refractivity contribution in [1.29, 1.82) is 0 Å². The number of aryl methyl sites for hydroxylation is 1. The van der Waals surface area contributed by atoms with Crippen LogP contribution >= 0.6 is 0 Å². The Balaban J connectivity index is 2.24. The number of nitrogens with zero attached hydrogens (tertiary/aromatic N) is 1. The van der Waals surface area contributed by atoms with Crippen LogP contribution in [0.3, 0.4) is 0 Å². The molecule has 1 amide bonds. The van der Waals surface area contributed by atoms with Crippen LogP contribution in [0.15, 0.2) is 12.1 Å². The zero-order valence-corrected chi connectivity index (χ0v) is 10.9. The maximum absolute atomic E-state index is 14.0. The van der Waals surface area contributed by atoms with E-state index in [1.165, 1.54) is 6.07 Å². The van der Waals surface area contributed by atoms with E-state index in [1.54, 1.807) is 17.9 Å². The minimum atomic E-state index is -0.450. The molecule has 1 aliphatic rings. The van der Waals surface area contributed by atoms with Crippen molar-refractivity contribution in [2.75, 3.05) is 18.8 Å². The summed E-state index contributed by atoms with van der Waals surface area (Å²) in [6, 6.07) is 2.98. The minimum Gasteiger partial charge on any atom is -0.399 e. The number of nitrogen functional groups attached to an aromatic ring is 1. The largest absolute Gasteiger partial charge is 0.399 e. The van der Waals surface area contributed by atoms with Gasteiger partial charge in [0.2, 0.25) is 0 Å². The average molecular weight is 250 g/mol. The van der Waals surface area contributed by atoms with E-state index >= 15 is 0 Å². The molecule has 18 heavy (non-hydrogen) atoms. The number of halogens is 1. The molecule has 98 valence electrons. The predicted octanol–water partition coefficient (Wildman–Crippen LogP) is 2.59. The molecule has 2 rings (SSSR count). The molecule has 3 nitrogen and oxygen atoms in total. The number of hydrogen-bond donors (Lipinski definition) is 1. The lowest BCUT2D eigenvalue weighted by molar-refractivity contribution is 0.0782. The molecule has 4 heteroatoms. The lowest BCUT2D eigenvalue weighted by atomic mass is 10.1. The molecule has 0 saturated carbocycles. The van der Waals surface area contributed by atoms with E-state index in [1.807, 2.05) is 0 Å². The van der Waals surface area contributed by atoms with E-state index in [4.69, 9.17) is 5.73 Å². The Hall–Kier alpha value is -1.58. The highest BCUT2D eigenvalue weighted by atomic mass is 19.1. The monoisotopic (exact) mass is 250 g/mol. The van der Waals surface area contributed by atoms with Gasteiger partial charge in [0.25, 0.3) is 5.91 Å². The molecule has 2 N–H and O–H groups in total. The van der Waals surface area contributed by atoms with Gasteiger partial charge in [-0.25, -0.2) is 4.39 Å². The van der Waals surface area contributed by atoms with Crippen molar-refractivity contribution in [2.24, 2.45) is 5.92 Å². The molecule has 1 heterocycles. The fraction of sp³-hybridized carbons (Fsp3) is 0.500. The number of benzene rings is 1. The zero-order chi connectivity index (χ0) is 13.3. The Morgan fingerprint density at radius 1 is 1.56 bits per heavy atom. The smallest absolute Gasteiger partial charge is 0.256 e. The van der Waals surface area contributed by atoms with Gasteiger partial charge in [-0.05, 0) is 37.0 Å². The van der Waals surface area contributed by atoms with E-state index in [0.717, 1.165) is 19.4 Å². The highest BCUT2D eigenvalue weighted by Crippen LogP contribution is 2.24. The Kier molecular flexibility index (Phi) is 3.55. The summed E-state index contributed by atoms with van der Waals surface area (Å²) in [5.41, 5.74) is 6.64. The highest BCUT2D eigenvalue weighted by molar-refractivity contribution is 5.95. The summed E-state index contributed by atoms with van der Waals surface area (Å²) in [7, 11) is 0. The second kappa shape index (κ2) is 4.96. The van der Waals surface area contributed by atoms with Crippen LogP contribution in [-0.4, -0.2) is 23.9 Å². The lowest BCUT2D eigenvalue weighted by Crippen LogP contribution is -2.29. The molecule has 1 unspecified atom stereocenters. The fourth-order valence-corrected chi connectivity index (χ4v) is 2.47. The third-order valence-electron chi connectivity index (χ3n) is 3.66. The van der Waals surface area contributed by atoms with Gasteiger partial charge in [0.15, 0.2) is 0 Å². The number of carbonyl (C=O) groups excluding carboxylic acids is 1. The predicted molar refractivity (Wildman–Crippen MR) is 69.9 cm³/mol. The van der Waals surface area contributed by atoms with Gasteiger partial charge in [0.1, 0.15) is 5.82 Å². The topological polar surface area (TPSA) is 46.3 Å². The van der Waals surface area contributed by atoms with Gasteiger partial charge in [0, 0.05) is 18.8 Å². The summed E-state index contributed by atoms with van der Waals surface area (Å²) < 4.78 is 14.0. The van der Waals surface area contributed by atoms with Crippen LogP contribution < -0.4 is 5.73 Å². The van der Waals surface area contributed by atoms with Gasteiger partial charge in [0.05, 0.1) is 5.56 Å². The van der Waals surface area contributed by atoms with Gasteiger partial charge in [-0.15, -0.1) is 0 Å². The normalized spacial score (nSPS) is 19.3. The first kappa shape index (κ1) is 12.9. The van der Waals surface area contributed by atoms with Gasteiger partial charge in [-0.1, -0.05) is 13.3 Å². The molecule has 0 spiro atoms. The number of anilines is 1. The fourth-order valence-electron chi connectivity index (χ4n) is 2.47. The summed E-state index contributed by atoms with van der Waals surface area (Å²) in [5.74, 6) is -0.146. The quantitative estimate of drug-likeness (QED) is 0.820. The van der Waals surface area contributed by atoms with E-state index in [0.29, 0.717) is 23.7 Å². The van der Waals surface area contributed by atoms with Gasteiger partial charge < -0.3 is 10.6 Å². The van der Waals surface area contributed by atoms with Crippen molar-refractivity contribution >= 4 is 11.6 Å². The van der Waals surface area contributed by atoms with E-state index in [9.17, 15) is 9.18 Å². The van der Waals surface area contributed by atoms with Crippen LogP contribution in [0.4, 0.5) is 10.1 Å². The molecule has 1 fully saturated rings. The first-order valence-electron chi connectivity index (χ1n) is 6.37. The number of likely N-dealkylation sites (tertiary alicyclic amines) is 1. The standard InChI is InChI=1S/C14H19FN2O/c1-3-10-4-5-17(8-10)14(18)12-7-11(16)6-9(2)13(12)15/h6-7,10H,3-5,8,16H2,1-2H3. The number of nitrogens with two attached hydrogens (primary N) is 1. The van der Waals surface area contributed by atoms with Crippen molar-refractivity contribution in [3.8, 4) is 0 Å². The van der Waals surface area contributed by atoms with Crippen molar-refractivity contribution in [3.63, 3.8) is 0 Å². The highest BCUT2D eigenvalue weighted by Gasteiger charge is 2.27. The zero-order valence-electron chi connectivity index (χ0n) is 10.9. The van der Waals surface area contributed by atoms with Crippen LogP contribution in [0, 0.1) is 18.7 Å². The molecule has 0 aromatic heterocycles. The Labute approximate surface area is 107 Å². The molecule has 0 aliphatic carbocycles. The number of rotatable bonds is 2. The second-order valence-corrected chi connectivity index (χ2v) is 5.01. The van der Waals surface area contributed by atoms with Crippen LogP contribution in [-0.2, 0) is 0 Å². The van der Waals surface area contributed by atoms with E-state index < -0.39 is 5.82 Å². The molecular formula is C14H19FN2O. The maximum Gasteiger partial charge on any atom is 0.256 e. The Morgan fingerprint density at radius 2 is 2.28 bits per heavy atom. The molecule has 1 saturated heterocycles. The first-order valence-corrected chi connectivity index (χ1v) is 6.37. The Morgan fingerprint density at radius 3 is 2.89 bits per heavy atom. The number of carbonyl (C=O) groups is 1. The van der Waals surface area contributed by atoms with E-state index in [2.05, 4.69) is 6.92 Å². The molecule has 1 aromatic rings. The van der Waals surface area contributed by atoms with Gasteiger partial charge >= 0.3 is 0 Å². The SMILES string of the molecule is CCC1CCN(C(=O)c2cc(N)cc(C)c2F)C1. The second-order valence-electron chi connectivity index (χ2n) is 5.01. The number of amides is 1. The van der Waals surface area contributed by atoms with Crippen molar-refractivity contribution < 1.29 is 9.18 Å². The van der Waals surface area contributed by atoms with Gasteiger partial charge in [-0.3, -0.25) is 4.79 Å². The van der Waals surface area contributed by atoms with Crippen LogP contribution in [0.25, 0.3) is 0 Å². The Bertz CT molecular complexity index is 473. The summed E-state index contributed by atoms with van der Waals surface area (Å²) >= 11 is 0. The lowest BCUT2D eigenvalue weighted by Gasteiger charge is -2.17. The maximum atomic E-state index is 14.0. The van der Waals surface area contributed by atoms with Crippen molar-refractivity contribution in [2.45, 2.75) is 26.7 Å². The van der Waals surface area contributed by atoms with Crippen LogP contribution in [0.2, 0.25) is 0 Å². The molecule has 1 atom stereocenters. The number of hydrogen-bond acceptors (Lipinski definition) is 2. The minimum absolute atomic E-state index is 0.101. The molecule has 1 aliphatic heterocycles. The molecule has 0 bridgehead atoms. The van der Waals surface area contributed by atoms with Gasteiger partial charge in [-0.2, -0.15) is 0 Å².